The predicted octanol–water partition coefficient (Wildman–Crippen LogP) is 7.34. The lowest BCUT2D eigenvalue weighted by Gasteiger charge is -2.45. The average molecular weight is 985 g/mol. The number of nitrogens with zero attached hydrogens (tertiary/aromatic N) is 4. The lowest BCUT2D eigenvalue weighted by Crippen LogP contribution is -2.68. The normalized spacial score (nSPS) is 26.9. The second-order valence-electron chi connectivity index (χ2n) is 18.2. The van der Waals surface area contributed by atoms with Gasteiger partial charge >= 0.3 is 18.4 Å². The first-order valence-corrected chi connectivity index (χ1v) is 23.9. The standard InChI is InChI=1S/C44H50F6N6O9S2/c1-6-33-34(56(39(60)61)40(3,4)44(48,49)50)37(58)55-23-29(65-28-19-30(52-31(20-28)36-51-17-18-66-36)25-11-13-26(14-12-25)43(45,46)47)21-32(55)35(57)53-42(22-27(42)10-8-7-9-24(2)64-33)38(59)54-67(62,63)41(5)15-16-41/h8,10-14,17-20,24,27,29,32-34H,6-7,9,15-16,21-23H2,1-5H3,(H,53,57)(H,54,59)(H,60,61)/t24-,27-,29-,32+,33+,34+,42-/m1/s1. The quantitative estimate of drug-likeness (QED) is 0.136. The van der Waals surface area contributed by atoms with Crippen molar-refractivity contribution in [3.8, 4) is 27.7 Å². The van der Waals surface area contributed by atoms with Crippen molar-refractivity contribution >= 4 is 45.2 Å². The van der Waals surface area contributed by atoms with Crippen LogP contribution in [0.15, 0.2) is 60.1 Å². The molecule has 2 aliphatic carbocycles. The maximum Gasteiger partial charge on any atom is 0.416 e. The number of sulfonamides is 1. The number of benzene rings is 1. The topological polar surface area (TPSA) is 197 Å². The second-order valence-corrected chi connectivity index (χ2v) is 21.3. The van der Waals surface area contributed by atoms with Crippen molar-refractivity contribution in [1.82, 2.24) is 29.8 Å². The number of carboxylic acid groups (broad SMARTS) is 1. The summed E-state index contributed by atoms with van der Waals surface area (Å²) < 4.78 is 125. The number of halogens is 6. The van der Waals surface area contributed by atoms with Gasteiger partial charge in [-0.15, -0.1) is 11.3 Å². The minimum Gasteiger partial charge on any atom is -0.488 e. The van der Waals surface area contributed by atoms with E-state index in [0.29, 0.717) is 38.1 Å². The minimum absolute atomic E-state index is 0.00789. The van der Waals surface area contributed by atoms with Gasteiger partial charge in [-0.05, 0) is 78.4 Å². The van der Waals surface area contributed by atoms with Crippen molar-refractivity contribution < 1.29 is 68.5 Å². The zero-order chi connectivity index (χ0) is 49.1. The molecule has 15 nitrogen and oxygen atoms in total. The number of carbonyl (C=O) groups is 4. The molecule has 4 amide bonds. The van der Waals surface area contributed by atoms with Gasteiger partial charge in [0.25, 0.3) is 5.91 Å². The van der Waals surface area contributed by atoms with E-state index in [1.54, 1.807) is 24.5 Å². The van der Waals surface area contributed by atoms with Crippen molar-refractivity contribution in [1.29, 1.82) is 0 Å². The van der Waals surface area contributed by atoms with E-state index in [2.05, 4.69) is 20.0 Å². The number of fused-ring (bicyclic) bond motifs is 2. The molecule has 1 aromatic carbocycles. The second kappa shape index (κ2) is 18.0. The van der Waals surface area contributed by atoms with E-state index in [0.717, 1.165) is 17.0 Å². The number of ether oxygens (including phenoxy) is 2. The molecule has 2 aromatic heterocycles. The Morgan fingerprint density at radius 1 is 1.09 bits per heavy atom. The largest absolute Gasteiger partial charge is 0.488 e. The molecule has 0 bridgehead atoms. The van der Waals surface area contributed by atoms with E-state index in [1.165, 1.54) is 55.6 Å². The van der Waals surface area contributed by atoms with Gasteiger partial charge in [-0.3, -0.25) is 24.0 Å². The monoisotopic (exact) mass is 984 g/mol. The van der Waals surface area contributed by atoms with Crippen LogP contribution in [0.3, 0.4) is 0 Å². The number of carbonyl (C=O) groups excluding carboxylic acids is 3. The van der Waals surface area contributed by atoms with Gasteiger partial charge in [-0.25, -0.2) is 23.2 Å². The van der Waals surface area contributed by atoms with Crippen LogP contribution in [0.2, 0.25) is 0 Å². The van der Waals surface area contributed by atoms with Gasteiger partial charge in [-0.1, -0.05) is 31.2 Å². The molecular weight excluding hydrogens is 935 g/mol. The van der Waals surface area contributed by atoms with Crippen molar-refractivity contribution in [3.05, 3.63) is 65.7 Å². The first kappa shape index (κ1) is 49.6. The summed E-state index contributed by atoms with van der Waals surface area (Å²) in [5.74, 6) is -3.94. The third-order valence-electron chi connectivity index (χ3n) is 13.0. The molecule has 2 saturated carbocycles. The van der Waals surface area contributed by atoms with Crippen LogP contribution in [-0.4, -0.2) is 116 Å². The third kappa shape index (κ3) is 9.99. The average Bonchev–Trinajstić information content (AvgIpc) is 4.00. The fourth-order valence-corrected chi connectivity index (χ4v) is 10.4. The summed E-state index contributed by atoms with van der Waals surface area (Å²) in [6, 6.07) is 3.20. The van der Waals surface area contributed by atoms with Crippen LogP contribution < -0.4 is 14.8 Å². The molecule has 7 rings (SSSR count). The molecule has 4 heterocycles. The highest BCUT2D eigenvalue weighted by Crippen LogP contribution is 2.48. The number of hydrogen-bond acceptors (Lipinski definition) is 11. The summed E-state index contributed by atoms with van der Waals surface area (Å²) in [6.45, 7) is 5.27. The number of rotatable bonds is 10. The lowest BCUT2D eigenvalue weighted by atomic mass is 9.95. The zero-order valence-corrected chi connectivity index (χ0v) is 38.6. The van der Waals surface area contributed by atoms with Crippen LogP contribution in [0.4, 0.5) is 31.1 Å². The fraction of sp³-hybridized carbons (Fsp3) is 0.545. The Morgan fingerprint density at radius 3 is 2.34 bits per heavy atom. The smallest absolute Gasteiger partial charge is 0.416 e. The number of pyridine rings is 1. The minimum atomic E-state index is -5.22. The predicted molar refractivity (Wildman–Crippen MR) is 231 cm³/mol. The SMILES string of the molecule is CC[C@@H]1O[C@H](C)CCC=C[C@@H]2C[C@@]2(C(=O)NS(=O)(=O)C2(C)CC2)NC(=O)[C@@H]2C[C@@H](Oc3cc(-c4ccc(C(F)(F)F)cc4)nc(-c4nccs4)c3)CN2C(=O)[C@H]1N(C(=O)O)C(C)(C)C(F)(F)F. The van der Waals surface area contributed by atoms with Gasteiger partial charge in [0.15, 0.2) is 0 Å². The summed E-state index contributed by atoms with van der Waals surface area (Å²) in [6.07, 6.45) is -9.96. The molecule has 3 N–H and O–H groups in total. The van der Waals surface area contributed by atoms with E-state index in [9.17, 15) is 54.3 Å². The Kier molecular flexibility index (Phi) is 13.3. The van der Waals surface area contributed by atoms with Crippen LogP contribution in [0, 0.1) is 5.92 Å². The van der Waals surface area contributed by atoms with Gasteiger partial charge in [0.05, 0.1) is 34.8 Å². The third-order valence-corrected chi connectivity index (χ3v) is 16.0. The summed E-state index contributed by atoms with van der Waals surface area (Å²) in [5.41, 5.74) is -5.29. The van der Waals surface area contributed by atoms with Crippen LogP contribution in [-0.2, 0) is 35.3 Å². The molecule has 0 unspecified atom stereocenters. The highest BCUT2D eigenvalue weighted by molar-refractivity contribution is 7.91. The highest BCUT2D eigenvalue weighted by Gasteiger charge is 2.64. The van der Waals surface area contributed by atoms with Crippen molar-refractivity contribution in [2.45, 2.75) is 138 Å². The first-order chi connectivity index (χ1) is 31.2. The Bertz CT molecular complexity index is 2520. The molecule has 0 radical (unpaired) electrons. The molecule has 67 heavy (non-hydrogen) atoms. The Morgan fingerprint density at radius 2 is 1.76 bits per heavy atom. The Balaban J connectivity index is 1.31. The van der Waals surface area contributed by atoms with Crippen LogP contribution >= 0.6 is 11.3 Å². The van der Waals surface area contributed by atoms with Crippen LogP contribution in [0.25, 0.3) is 22.0 Å². The molecule has 3 aromatic rings. The number of aromatic nitrogens is 2. The fourth-order valence-electron chi connectivity index (χ4n) is 8.44. The summed E-state index contributed by atoms with van der Waals surface area (Å²) in [5, 5.41) is 15.3. The van der Waals surface area contributed by atoms with E-state index in [-0.39, 0.29) is 53.3 Å². The number of nitrogens with one attached hydrogen (secondary N) is 2. The van der Waals surface area contributed by atoms with Gasteiger partial charge < -0.3 is 24.8 Å². The number of allylic oxidation sites excluding steroid dienone is 1. The van der Waals surface area contributed by atoms with Gasteiger partial charge in [0.2, 0.25) is 21.8 Å². The molecule has 1 saturated heterocycles. The van der Waals surface area contributed by atoms with Gasteiger partial charge in [-0.2, -0.15) is 26.3 Å². The van der Waals surface area contributed by atoms with E-state index < -0.39 is 110 Å². The van der Waals surface area contributed by atoms with E-state index in [4.69, 9.17) is 9.47 Å². The first-order valence-electron chi connectivity index (χ1n) is 21.6. The van der Waals surface area contributed by atoms with Gasteiger partial charge in [0.1, 0.15) is 45.7 Å². The number of hydrogen-bond donors (Lipinski definition) is 3. The molecule has 4 aliphatic rings. The molecule has 7 atom stereocenters. The summed E-state index contributed by atoms with van der Waals surface area (Å²) in [4.78, 5) is 66.9. The highest BCUT2D eigenvalue weighted by atomic mass is 32.2. The molecule has 2 aliphatic heterocycles. The summed E-state index contributed by atoms with van der Waals surface area (Å²) in [7, 11) is -4.21. The van der Waals surface area contributed by atoms with Crippen LogP contribution in [0.5, 0.6) is 5.75 Å². The molecule has 23 heteroatoms. The maximum atomic E-state index is 15.2. The lowest BCUT2D eigenvalue weighted by molar-refractivity contribution is -0.226. The molecule has 364 valence electrons. The maximum absolute atomic E-state index is 15.2. The van der Waals surface area contributed by atoms with Crippen molar-refractivity contribution in [3.63, 3.8) is 0 Å². The number of alkyl halides is 6. The van der Waals surface area contributed by atoms with Gasteiger partial charge in [0, 0.05) is 41.6 Å². The number of thiazole rings is 1. The van der Waals surface area contributed by atoms with Crippen molar-refractivity contribution in [2.24, 2.45) is 5.92 Å². The number of amides is 4. The Hall–Kier alpha value is -5.29. The van der Waals surface area contributed by atoms with Crippen molar-refractivity contribution in [2.75, 3.05) is 6.54 Å². The molecule has 3 fully saturated rings. The van der Waals surface area contributed by atoms with Crippen LogP contribution in [0.1, 0.15) is 85.1 Å². The molecule has 0 spiro atoms. The zero-order valence-electron chi connectivity index (χ0n) is 37.0. The van der Waals surface area contributed by atoms with E-state index in [1.807, 2.05) is 0 Å². The van der Waals surface area contributed by atoms with E-state index >= 15 is 4.79 Å². The Labute approximate surface area is 386 Å². The molecular formula is C44H50F6N6O9S2. The summed E-state index contributed by atoms with van der Waals surface area (Å²) >= 11 is 1.19.